The summed E-state index contributed by atoms with van der Waals surface area (Å²) < 4.78 is 5.70. The van der Waals surface area contributed by atoms with E-state index in [2.05, 4.69) is 27.3 Å². The number of methoxy groups -OCH3 is 1. The molecule has 0 saturated carbocycles. The van der Waals surface area contributed by atoms with Crippen molar-refractivity contribution in [3.63, 3.8) is 0 Å². The Bertz CT molecular complexity index is 257. The average Bonchev–Trinajstić information content (AvgIpc) is 2.35. The largest absolute Gasteiger partial charge is 0.469 e. The second-order valence-corrected chi connectivity index (χ2v) is 4.23. The van der Waals surface area contributed by atoms with Crippen LogP contribution in [0.5, 0.6) is 0 Å². The molecule has 0 atom stereocenters. The van der Waals surface area contributed by atoms with Crippen molar-refractivity contribution >= 4 is 39.9 Å². The van der Waals surface area contributed by atoms with Gasteiger partial charge in [0.15, 0.2) is 0 Å². The Balaban J connectivity index is 2.57. The first-order chi connectivity index (χ1) is 5.22. The standard InChI is InChI=1S/C7H7IO2S/c1-10-7(9)3-6-2-5(8)4-11-6/h2,4H,3H2,1H3. The van der Waals surface area contributed by atoms with Gasteiger partial charge in [0.05, 0.1) is 13.5 Å². The molecular weight excluding hydrogens is 275 g/mol. The van der Waals surface area contributed by atoms with Crippen LogP contribution in [-0.2, 0) is 16.0 Å². The number of carbonyl (C=O) groups is 1. The van der Waals surface area contributed by atoms with Crippen molar-refractivity contribution in [3.05, 3.63) is 19.9 Å². The molecule has 11 heavy (non-hydrogen) atoms. The van der Waals surface area contributed by atoms with E-state index < -0.39 is 0 Å². The van der Waals surface area contributed by atoms with Gasteiger partial charge in [0, 0.05) is 13.8 Å². The smallest absolute Gasteiger partial charge is 0.310 e. The molecule has 0 bridgehead atoms. The predicted molar refractivity (Wildman–Crippen MR) is 52.8 cm³/mol. The monoisotopic (exact) mass is 282 g/mol. The fourth-order valence-corrected chi connectivity index (χ4v) is 2.36. The lowest BCUT2D eigenvalue weighted by molar-refractivity contribution is -0.139. The molecule has 1 heterocycles. The summed E-state index contributed by atoms with van der Waals surface area (Å²) in [6.07, 6.45) is 0.393. The number of esters is 1. The van der Waals surface area contributed by atoms with Crippen molar-refractivity contribution < 1.29 is 9.53 Å². The van der Waals surface area contributed by atoms with Crippen LogP contribution >= 0.6 is 33.9 Å². The molecule has 4 heteroatoms. The van der Waals surface area contributed by atoms with Crippen LogP contribution in [0.4, 0.5) is 0 Å². The van der Waals surface area contributed by atoms with Gasteiger partial charge in [-0.25, -0.2) is 0 Å². The summed E-state index contributed by atoms with van der Waals surface area (Å²) in [7, 11) is 1.40. The SMILES string of the molecule is COC(=O)Cc1cc(I)cs1. The van der Waals surface area contributed by atoms with Gasteiger partial charge < -0.3 is 4.74 Å². The molecule has 1 rings (SSSR count). The quantitative estimate of drug-likeness (QED) is 0.613. The Labute approximate surface area is 82.7 Å². The van der Waals surface area contributed by atoms with E-state index >= 15 is 0 Å². The fraction of sp³-hybridized carbons (Fsp3) is 0.286. The highest BCUT2D eigenvalue weighted by molar-refractivity contribution is 14.1. The van der Waals surface area contributed by atoms with E-state index in [1.807, 2.05) is 11.4 Å². The van der Waals surface area contributed by atoms with Crippen molar-refractivity contribution in [3.8, 4) is 0 Å². The highest BCUT2D eigenvalue weighted by atomic mass is 127. The van der Waals surface area contributed by atoms with Crippen LogP contribution in [-0.4, -0.2) is 13.1 Å². The number of thiophene rings is 1. The lowest BCUT2D eigenvalue weighted by Crippen LogP contribution is -2.02. The first-order valence-electron chi connectivity index (χ1n) is 3.02. The highest BCUT2D eigenvalue weighted by Gasteiger charge is 2.04. The van der Waals surface area contributed by atoms with Crippen molar-refractivity contribution in [1.29, 1.82) is 0 Å². The number of halogens is 1. The third-order valence-electron chi connectivity index (χ3n) is 1.17. The zero-order chi connectivity index (χ0) is 8.27. The summed E-state index contributed by atoms with van der Waals surface area (Å²) in [5.74, 6) is -0.178. The summed E-state index contributed by atoms with van der Waals surface area (Å²) in [4.78, 5) is 11.8. The van der Waals surface area contributed by atoms with Gasteiger partial charge in [-0.2, -0.15) is 0 Å². The minimum Gasteiger partial charge on any atom is -0.469 e. The lowest BCUT2D eigenvalue weighted by Gasteiger charge is -1.93. The van der Waals surface area contributed by atoms with Gasteiger partial charge in [-0.15, -0.1) is 11.3 Å². The summed E-state index contributed by atoms with van der Waals surface area (Å²) in [5.41, 5.74) is 0. The Hall–Kier alpha value is -0.100. The Morgan fingerprint density at radius 2 is 2.55 bits per heavy atom. The minimum atomic E-state index is -0.178. The molecule has 0 saturated heterocycles. The molecule has 0 N–H and O–H groups in total. The maximum Gasteiger partial charge on any atom is 0.310 e. The van der Waals surface area contributed by atoms with E-state index in [1.54, 1.807) is 11.3 Å². The number of rotatable bonds is 2. The summed E-state index contributed by atoms with van der Waals surface area (Å²) in [6, 6.07) is 1.99. The third-order valence-corrected chi connectivity index (χ3v) is 3.15. The van der Waals surface area contributed by atoms with Gasteiger partial charge in [-0.3, -0.25) is 4.79 Å². The van der Waals surface area contributed by atoms with Crippen LogP contribution in [0.15, 0.2) is 11.4 Å². The molecule has 0 aliphatic carbocycles. The van der Waals surface area contributed by atoms with Gasteiger partial charge in [0.1, 0.15) is 0 Å². The van der Waals surface area contributed by atoms with E-state index in [1.165, 1.54) is 10.7 Å². The predicted octanol–water partition coefficient (Wildman–Crippen LogP) is 2.07. The molecule has 60 valence electrons. The zero-order valence-corrected chi connectivity index (χ0v) is 8.94. The zero-order valence-electron chi connectivity index (χ0n) is 5.96. The second kappa shape index (κ2) is 4.06. The molecular formula is C7H7IO2S. The molecule has 0 aliphatic heterocycles. The molecule has 0 aliphatic rings. The van der Waals surface area contributed by atoms with Gasteiger partial charge in [-0.05, 0) is 28.7 Å². The molecule has 0 aromatic carbocycles. The topological polar surface area (TPSA) is 26.3 Å². The van der Waals surface area contributed by atoms with Crippen LogP contribution in [0.1, 0.15) is 4.88 Å². The normalized spacial score (nSPS) is 9.64. The van der Waals surface area contributed by atoms with Crippen molar-refractivity contribution in [2.24, 2.45) is 0 Å². The Kier molecular flexibility index (Phi) is 3.32. The summed E-state index contributed by atoms with van der Waals surface area (Å²) in [6.45, 7) is 0. The highest BCUT2D eigenvalue weighted by Crippen LogP contribution is 2.16. The van der Waals surface area contributed by atoms with Crippen LogP contribution < -0.4 is 0 Å². The van der Waals surface area contributed by atoms with Gasteiger partial charge in [0.25, 0.3) is 0 Å². The van der Waals surface area contributed by atoms with E-state index in [-0.39, 0.29) is 5.97 Å². The van der Waals surface area contributed by atoms with Crippen molar-refractivity contribution in [2.45, 2.75) is 6.42 Å². The van der Waals surface area contributed by atoms with Crippen molar-refractivity contribution in [2.75, 3.05) is 7.11 Å². The number of hydrogen-bond donors (Lipinski definition) is 0. The molecule has 0 radical (unpaired) electrons. The molecule has 2 nitrogen and oxygen atoms in total. The van der Waals surface area contributed by atoms with Gasteiger partial charge in [0.2, 0.25) is 0 Å². The fourth-order valence-electron chi connectivity index (χ4n) is 0.661. The summed E-state index contributed by atoms with van der Waals surface area (Å²) >= 11 is 3.80. The van der Waals surface area contributed by atoms with Crippen LogP contribution in [0.25, 0.3) is 0 Å². The minimum absolute atomic E-state index is 0.178. The molecule has 0 spiro atoms. The Morgan fingerprint density at radius 3 is 3.00 bits per heavy atom. The van der Waals surface area contributed by atoms with E-state index in [0.717, 1.165) is 4.88 Å². The Morgan fingerprint density at radius 1 is 1.82 bits per heavy atom. The van der Waals surface area contributed by atoms with Crippen LogP contribution in [0.2, 0.25) is 0 Å². The van der Waals surface area contributed by atoms with E-state index in [9.17, 15) is 4.79 Å². The number of ether oxygens (including phenoxy) is 1. The maximum atomic E-state index is 10.8. The number of carbonyl (C=O) groups excluding carboxylic acids is 1. The molecule has 1 aromatic rings. The first-order valence-corrected chi connectivity index (χ1v) is 4.98. The number of hydrogen-bond acceptors (Lipinski definition) is 3. The van der Waals surface area contributed by atoms with Crippen LogP contribution in [0.3, 0.4) is 0 Å². The van der Waals surface area contributed by atoms with Crippen LogP contribution in [0, 0.1) is 3.57 Å². The maximum absolute atomic E-state index is 10.8. The van der Waals surface area contributed by atoms with Gasteiger partial charge >= 0.3 is 5.97 Å². The first kappa shape index (κ1) is 8.99. The molecule has 0 unspecified atom stereocenters. The lowest BCUT2D eigenvalue weighted by atomic mass is 10.3. The third kappa shape index (κ3) is 2.78. The van der Waals surface area contributed by atoms with Crippen molar-refractivity contribution in [1.82, 2.24) is 0 Å². The van der Waals surface area contributed by atoms with E-state index in [4.69, 9.17) is 0 Å². The summed E-state index contributed by atoms with van der Waals surface area (Å²) in [5, 5.41) is 2.01. The van der Waals surface area contributed by atoms with Gasteiger partial charge in [-0.1, -0.05) is 0 Å². The average molecular weight is 282 g/mol. The molecule has 0 amide bonds. The second-order valence-electron chi connectivity index (χ2n) is 1.98. The molecule has 1 aromatic heterocycles. The molecule has 0 fully saturated rings. The van der Waals surface area contributed by atoms with E-state index in [0.29, 0.717) is 6.42 Å².